The SMILES string of the molecule is CC(N)C(C)(O)O. The normalized spacial score (nSPS) is 16.7. The molecule has 0 aliphatic heterocycles. The van der Waals surface area contributed by atoms with Crippen LogP contribution >= 0.6 is 0 Å². The third kappa shape index (κ3) is 2.56. The number of hydrogen-bond acceptors (Lipinski definition) is 3. The molecule has 0 aliphatic carbocycles. The minimum Gasteiger partial charge on any atom is -0.365 e. The molecule has 3 heteroatoms. The van der Waals surface area contributed by atoms with Crippen LogP contribution in [0.1, 0.15) is 13.8 Å². The van der Waals surface area contributed by atoms with E-state index < -0.39 is 11.8 Å². The predicted molar refractivity (Wildman–Crippen MR) is 26.5 cm³/mol. The molecule has 44 valence electrons. The van der Waals surface area contributed by atoms with Crippen LogP contribution in [0.3, 0.4) is 0 Å². The summed E-state index contributed by atoms with van der Waals surface area (Å²) in [7, 11) is 0. The zero-order valence-corrected chi connectivity index (χ0v) is 4.55. The number of hydrogen-bond donors (Lipinski definition) is 3. The van der Waals surface area contributed by atoms with Crippen molar-refractivity contribution < 1.29 is 10.2 Å². The Morgan fingerprint density at radius 3 is 1.71 bits per heavy atom. The van der Waals surface area contributed by atoms with Crippen molar-refractivity contribution in [1.82, 2.24) is 0 Å². The van der Waals surface area contributed by atoms with E-state index in [0.717, 1.165) is 0 Å². The van der Waals surface area contributed by atoms with Crippen molar-refractivity contribution in [1.29, 1.82) is 0 Å². The zero-order valence-electron chi connectivity index (χ0n) is 4.55. The number of aliphatic hydroxyl groups is 2. The van der Waals surface area contributed by atoms with E-state index in [1.807, 2.05) is 0 Å². The second-order valence-electron chi connectivity index (χ2n) is 1.88. The maximum absolute atomic E-state index is 8.53. The quantitative estimate of drug-likeness (QED) is 0.376. The molecular formula is C4H11NO2. The summed E-state index contributed by atoms with van der Waals surface area (Å²) in [6.45, 7) is 2.78. The van der Waals surface area contributed by atoms with E-state index >= 15 is 0 Å². The van der Waals surface area contributed by atoms with Gasteiger partial charge in [-0.1, -0.05) is 0 Å². The third-order valence-electron chi connectivity index (χ3n) is 0.863. The standard InChI is InChI=1S/C4H11NO2/c1-3(5)4(2,6)7/h3,6-7H,5H2,1-2H3. The monoisotopic (exact) mass is 105 g/mol. The van der Waals surface area contributed by atoms with Gasteiger partial charge in [0.2, 0.25) is 0 Å². The van der Waals surface area contributed by atoms with Gasteiger partial charge in [0.25, 0.3) is 0 Å². The molecule has 0 aromatic carbocycles. The van der Waals surface area contributed by atoms with Gasteiger partial charge in [0.1, 0.15) is 0 Å². The van der Waals surface area contributed by atoms with E-state index in [9.17, 15) is 0 Å². The lowest BCUT2D eigenvalue weighted by Crippen LogP contribution is -2.42. The van der Waals surface area contributed by atoms with Gasteiger partial charge >= 0.3 is 0 Å². The molecule has 4 N–H and O–H groups in total. The van der Waals surface area contributed by atoms with Crippen molar-refractivity contribution in [2.24, 2.45) is 5.73 Å². The van der Waals surface area contributed by atoms with Gasteiger partial charge in [-0.2, -0.15) is 0 Å². The number of nitrogens with two attached hydrogens (primary N) is 1. The third-order valence-corrected chi connectivity index (χ3v) is 0.863. The molecule has 3 nitrogen and oxygen atoms in total. The van der Waals surface area contributed by atoms with Crippen molar-refractivity contribution in [3.8, 4) is 0 Å². The van der Waals surface area contributed by atoms with Crippen molar-refractivity contribution in [2.75, 3.05) is 0 Å². The fourth-order valence-electron chi connectivity index (χ4n) is 0. The smallest absolute Gasteiger partial charge is 0.174 e. The van der Waals surface area contributed by atoms with Gasteiger partial charge in [-0.05, 0) is 13.8 Å². The summed E-state index contributed by atoms with van der Waals surface area (Å²) in [6.07, 6.45) is 0. The predicted octanol–water partition coefficient (Wildman–Crippen LogP) is -0.966. The minimum atomic E-state index is -1.72. The van der Waals surface area contributed by atoms with Crippen LogP contribution in [0.15, 0.2) is 0 Å². The highest BCUT2D eigenvalue weighted by Crippen LogP contribution is 1.99. The highest BCUT2D eigenvalue weighted by atomic mass is 16.5. The molecular weight excluding hydrogens is 94.0 g/mol. The Bertz CT molecular complexity index is 55.2. The van der Waals surface area contributed by atoms with E-state index in [2.05, 4.69) is 0 Å². The summed E-state index contributed by atoms with van der Waals surface area (Å²) in [4.78, 5) is 0. The molecule has 0 saturated heterocycles. The lowest BCUT2D eigenvalue weighted by Gasteiger charge is -2.19. The molecule has 7 heavy (non-hydrogen) atoms. The summed E-state index contributed by atoms with van der Waals surface area (Å²) in [5, 5.41) is 17.1. The Morgan fingerprint density at radius 2 is 1.71 bits per heavy atom. The Balaban J connectivity index is 3.54. The molecule has 0 heterocycles. The maximum atomic E-state index is 8.53. The van der Waals surface area contributed by atoms with Gasteiger partial charge in [-0.15, -0.1) is 0 Å². The summed E-state index contributed by atoms with van der Waals surface area (Å²) >= 11 is 0. The average Bonchev–Trinajstić information content (AvgIpc) is 1.31. The first-order valence-electron chi connectivity index (χ1n) is 2.15. The first-order valence-corrected chi connectivity index (χ1v) is 2.15. The minimum absolute atomic E-state index is 0.590. The molecule has 0 spiro atoms. The molecule has 1 atom stereocenters. The Hall–Kier alpha value is -0.120. The van der Waals surface area contributed by atoms with E-state index in [0.29, 0.717) is 0 Å². The van der Waals surface area contributed by atoms with Crippen LogP contribution < -0.4 is 5.73 Å². The first-order chi connectivity index (χ1) is 2.94. The van der Waals surface area contributed by atoms with Crippen LogP contribution in [0.25, 0.3) is 0 Å². The molecule has 0 fully saturated rings. The molecule has 0 rings (SSSR count). The lowest BCUT2D eigenvalue weighted by atomic mass is 10.2. The fraction of sp³-hybridized carbons (Fsp3) is 1.00. The summed E-state index contributed by atoms with van der Waals surface area (Å²) in [5.41, 5.74) is 5.07. The zero-order chi connectivity index (χ0) is 6.08. The Morgan fingerprint density at radius 1 is 1.57 bits per heavy atom. The second kappa shape index (κ2) is 1.78. The molecule has 0 bridgehead atoms. The van der Waals surface area contributed by atoms with Crippen molar-refractivity contribution >= 4 is 0 Å². The van der Waals surface area contributed by atoms with Crippen LogP contribution in [-0.4, -0.2) is 22.0 Å². The molecule has 0 amide bonds. The van der Waals surface area contributed by atoms with Crippen LogP contribution in [0.2, 0.25) is 0 Å². The van der Waals surface area contributed by atoms with Crippen molar-refractivity contribution in [2.45, 2.75) is 25.7 Å². The highest BCUT2D eigenvalue weighted by Gasteiger charge is 2.19. The first kappa shape index (κ1) is 6.88. The Labute approximate surface area is 42.8 Å². The maximum Gasteiger partial charge on any atom is 0.174 e. The highest BCUT2D eigenvalue weighted by molar-refractivity contribution is 4.67. The summed E-state index contributed by atoms with van der Waals surface area (Å²) in [5.74, 6) is -1.72. The Kier molecular flexibility index (Phi) is 1.75. The molecule has 1 unspecified atom stereocenters. The summed E-state index contributed by atoms with van der Waals surface area (Å²) in [6, 6.07) is -0.590. The molecule has 0 aromatic rings. The largest absolute Gasteiger partial charge is 0.365 e. The molecule has 0 aliphatic rings. The molecule has 0 saturated carbocycles. The van der Waals surface area contributed by atoms with E-state index in [4.69, 9.17) is 15.9 Å². The second-order valence-corrected chi connectivity index (χ2v) is 1.88. The van der Waals surface area contributed by atoms with Gasteiger partial charge in [0, 0.05) is 0 Å². The molecule has 0 radical (unpaired) electrons. The average molecular weight is 105 g/mol. The van der Waals surface area contributed by atoms with Crippen molar-refractivity contribution in [3.63, 3.8) is 0 Å². The van der Waals surface area contributed by atoms with Gasteiger partial charge in [-0.25, -0.2) is 0 Å². The topological polar surface area (TPSA) is 66.5 Å². The van der Waals surface area contributed by atoms with Gasteiger partial charge in [-0.3, -0.25) is 0 Å². The van der Waals surface area contributed by atoms with Crippen LogP contribution in [0.5, 0.6) is 0 Å². The lowest BCUT2D eigenvalue weighted by molar-refractivity contribution is -0.157. The van der Waals surface area contributed by atoms with Gasteiger partial charge < -0.3 is 15.9 Å². The van der Waals surface area contributed by atoms with E-state index in [-0.39, 0.29) is 0 Å². The van der Waals surface area contributed by atoms with E-state index in [1.54, 1.807) is 0 Å². The van der Waals surface area contributed by atoms with Gasteiger partial charge in [0.15, 0.2) is 5.79 Å². The van der Waals surface area contributed by atoms with Crippen LogP contribution in [0.4, 0.5) is 0 Å². The van der Waals surface area contributed by atoms with Gasteiger partial charge in [0.05, 0.1) is 6.04 Å². The molecule has 0 aromatic heterocycles. The van der Waals surface area contributed by atoms with E-state index in [1.165, 1.54) is 13.8 Å². The summed E-state index contributed by atoms with van der Waals surface area (Å²) < 4.78 is 0. The van der Waals surface area contributed by atoms with Crippen molar-refractivity contribution in [3.05, 3.63) is 0 Å². The number of rotatable bonds is 1. The van der Waals surface area contributed by atoms with Crippen LogP contribution in [-0.2, 0) is 0 Å². The fourth-order valence-corrected chi connectivity index (χ4v) is 0. The van der Waals surface area contributed by atoms with Crippen LogP contribution in [0, 0.1) is 0 Å².